The number of benzene rings is 1. The first-order valence-electron chi connectivity index (χ1n) is 7.65. The summed E-state index contributed by atoms with van der Waals surface area (Å²) in [5, 5.41) is 0.574. The van der Waals surface area contributed by atoms with Gasteiger partial charge in [-0.25, -0.2) is 13.2 Å². The molecule has 1 unspecified atom stereocenters. The van der Waals surface area contributed by atoms with Gasteiger partial charge in [0.15, 0.2) is 0 Å². The maximum Gasteiger partial charge on any atom is 0.336 e. The van der Waals surface area contributed by atoms with Gasteiger partial charge in [0.25, 0.3) is 0 Å². The SMILES string of the molecule is O=c1ccc2cc(S(=O)(=O)N3CCCC3c3ccco3)ccc2o1. The van der Waals surface area contributed by atoms with Crippen LogP contribution in [0.1, 0.15) is 24.6 Å². The van der Waals surface area contributed by atoms with E-state index in [2.05, 4.69) is 0 Å². The second kappa shape index (κ2) is 5.61. The summed E-state index contributed by atoms with van der Waals surface area (Å²) in [6, 6.07) is 10.6. The minimum atomic E-state index is -3.66. The van der Waals surface area contributed by atoms with Crippen molar-refractivity contribution in [3.05, 3.63) is 64.9 Å². The summed E-state index contributed by atoms with van der Waals surface area (Å²) in [4.78, 5) is 11.4. The Labute approximate surface area is 138 Å². The summed E-state index contributed by atoms with van der Waals surface area (Å²) in [6.45, 7) is 0.454. The lowest BCUT2D eigenvalue weighted by Crippen LogP contribution is -2.30. The predicted molar refractivity (Wildman–Crippen MR) is 87.1 cm³/mol. The van der Waals surface area contributed by atoms with Gasteiger partial charge in [0, 0.05) is 18.0 Å². The van der Waals surface area contributed by atoms with Gasteiger partial charge in [0.2, 0.25) is 10.0 Å². The van der Waals surface area contributed by atoms with E-state index in [4.69, 9.17) is 8.83 Å². The Kier molecular flexibility index (Phi) is 3.54. The molecule has 3 aromatic rings. The Morgan fingerprint density at radius 2 is 2.00 bits per heavy atom. The molecule has 1 fully saturated rings. The minimum absolute atomic E-state index is 0.183. The van der Waals surface area contributed by atoms with Gasteiger partial charge >= 0.3 is 5.63 Å². The van der Waals surface area contributed by atoms with E-state index >= 15 is 0 Å². The van der Waals surface area contributed by atoms with E-state index < -0.39 is 15.6 Å². The highest BCUT2D eigenvalue weighted by molar-refractivity contribution is 7.89. The summed E-state index contributed by atoms with van der Waals surface area (Å²) in [7, 11) is -3.66. The first-order chi connectivity index (χ1) is 11.6. The third kappa shape index (κ3) is 2.46. The lowest BCUT2D eigenvalue weighted by molar-refractivity contribution is 0.340. The number of fused-ring (bicyclic) bond motifs is 1. The average molecular weight is 345 g/mol. The lowest BCUT2D eigenvalue weighted by atomic mass is 10.2. The van der Waals surface area contributed by atoms with E-state index in [1.54, 1.807) is 24.5 Å². The third-order valence-corrected chi connectivity index (χ3v) is 6.18. The minimum Gasteiger partial charge on any atom is -0.468 e. The highest BCUT2D eigenvalue weighted by Crippen LogP contribution is 2.37. The van der Waals surface area contributed by atoms with Crippen LogP contribution in [0, 0.1) is 0 Å². The maximum absolute atomic E-state index is 13.0. The number of nitrogens with zero attached hydrogens (tertiary/aromatic N) is 1. The van der Waals surface area contributed by atoms with Crippen LogP contribution in [0.4, 0.5) is 0 Å². The Bertz CT molecular complexity index is 1040. The van der Waals surface area contributed by atoms with Crippen LogP contribution in [0.3, 0.4) is 0 Å². The monoisotopic (exact) mass is 345 g/mol. The van der Waals surface area contributed by atoms with Gasteiger partial charge in [0.1, 0.15) is 11.3 Å². The van der Waals surface area contributed by atoms with E-state index in [9.17, 15) is 13.2 Å². The smallest absolute Gasteiger partial charge is 0.336 e. The summed E-state index contributed by atoms with van der Waals surface area (Å²) in [5.41, 5.74) is -0.0963. The van der Waals surface area contributed by atoms with Gasteiger partial charge < -0.3 is 8.83 Å². The molecule has 24 heavy (non-hydrogen) atoms. The van der Waals surface area contributed by atoms with Crippen LogP contribution in [0.25, 0.3) is 11.0 Å². The van der Waals surface area contributed by atoms with Gasteiger partial charge in [-0.1, -0.05) is 0 Å². The number of hydrogen-bond acceptors (Lipinski definition) is 5. The van der Waals surface area contributed by atoms with Crippen LogP contribution in [0.2, 0.25) is 0 Å². The molecule has 0 aliphatic carbocycles. The molecule has 124 valence electrons. The first kappa shape index (κ1) is 15.2. The summed E-state index contributed by atoms with van der Waals surface area (Å²) in [5.74, 6) is 0.655. The van der Waals surface area contributed by atoms with Crippen LogP contribution in [0.15, 0.2) is 67.3 Å². The Balaban J connectivity index is 1.77. The molecule has 2 aromatic heterocycles. The molecule has 1 aromatic carbocycles. The Morgan fingerprint density at radius 3 is 2.79 bits per heavy atom. The number of rotatable bonds is 3. The van der Waals surface area contributed by atoms with Crippen molar-refractivity contribution in [1.29, 1.82) is 0 Å². The number of hydrogen-bond donors (Lipinski definition) is 0. The number of sulfonamides is 1. The molecule has 1 saturated heterocycles. The maximum atomic E-state index is 13.0. The van der Waals surface area contributed by atoms with Crippen LogP contribution in [-0.2, 0) is 10.0 Å². The largest absolute Gasteiger partial charge is 0.468 e. The molecule has 0 N–H and O–H groups in total. The molecule has 0 radical (unpaired) electrons. The van der Waals surface area contributed by atoms with E-state index in [1.807, 2.05) is 0 Å². The average Bonchev–Trinajstić information content (AvgIpc) is 3.25. The van der Waals surface area contributed by atoms with Gasteiger partial charge in [0.05, 0.1) is 17.2 Å². The Morgan fingerprint density at radius 1 is 1.12 bits per heavy atom. The molecule has 1 atom stereocenters. The van der Waals surface area contributed by atoms with Crippen molar-refractivity contribution in [1.82, 2.24) is 4.31 Å². The molecular formula is C17H15NO5S. The van der Waals surface area contributed by atoms with Crippen molar-refractivity contribution in [2.75, 3.05) is 6.54 Å². The van der Waals surface area contributed by atoms with Crippen molar-refractivity contribution in [3.8, 4) is 0 Å². The predicted octanol–water partition coefficient (Wildman–Crippen LogP) is 2.91. The molecule has 0 amide bonds. The van der Waals surface area contributed by atoms with Gasteiger partial charge in [-0.3, -0.25) is 0 Å². The van der Waals surface area contributed by atoms with Crippen molar-refractivity contribution in [2.45, 2.75) is 23.8 Å². The summed E-state index contributed by atoms with van der Waals surface area (Å²) in [6.07, 6.45) is 3.07. The van der Waals surface area contributed by atoms with E-state index in [0.717, 1.165) is 12.8 Å². The molecule has 7 heteroatoms. The molecule has 0 spiro atoms. The molecule has 1 aliphatic rings. The van der Waals surface area contributed by atoms with E-state index in [0.29, 0.717) is 23.3 Å². The zero-order chi connectivity index (χ0) is 16.7. The lowest BCUT2D eigenvalue weighted by Gasteiger charge is -2.22. The van der Waals surface area contributed by atoms with Gasteiger partial charge in [-0.2, -0.15) is 4.31 Å². The fourth-order valence-electron chi connectivity index (χ4n) is 3.14. The fourth-order valence-corrected chi connectivity index (χ4v) is 4.84. The highest BCUT2D eigenvalue weighted by atomic mass is 32.2. The third-order valence-electron chi connectivity index (χ3n) is 4.27. The van der Waals surface area contributed by atoms with Crippen LogP contribution >= 0.6 is 0 Å². The fraction of sp³-hybridized carbons (Fsp3) is 0.235. The molecule has 6 nitrogen and oxygen atoms in total. The topological polar surface area (TPSA) is 80.7 Å². The summed E-state index contributed by atoms with van der Waals surface area (Å²) >= 11 is 0. The normalized spacial score (nSPS) is 19.1. The molecule has 1 aliphatic heterocycles. The second-order valence-corrected chi connectivity index (χ2v) is 7.63. The first-order valence-corrected chi connectivity index (χ1v) is 9.09. The molecular weight excluding hydrogens is 330 g/mol. The zero-order valence-corrected chi connectivity index (χ0v) is 13.5. The molecule has 0 saturated carbocycles. The zero-order valence-electron chi connectivity index (χ0n) is 12.7. The van der Waals surface area contributed by atoms with Crippen LogP contribution in [-0.4, -0.2) is 19.3 Å². The second-order valence-electron chi connectivity index (χ2n) is 5.74. The van der Waals surface area contributed by atoms with Gasteiger partial charge in [-0.05, 0) is 49.2 Å². The molecule has 3 heterocycles. The van der Waals surface area contributed by atoms with Crippen molar-refractivity contribution < 1.29 is 17.3 Å². The van der Waals surface area contributed by atoms with E-state index in [1.165, 1.54) is 28.6 Å². The van der Waals surface area contributed by atoms with Crippen molar-refractivity contribution in [3.63, 3.8) is 0 Å². The van der Waals surface area contributed by atoms with E-state index in [-0.39, 0.29) is 10.9 Å². The number of furan rings is 1. The highest BCUT2D eigenvalue weighted by Gasteiger charge is 2.37. The standard InChI is InChI=1S/C17H15NO5S/c19-17-8-5-12-11-13(6-7-15(12)23-17)24(20,21)18-9-1-3-14(18)16-4-2-10-22-16/h2,4-8,10-11,14H,1,3,9H2. The summed E-state index contributed by atoms with van der Waals surface area (Å²) < 4.78 is 38.0. The van der Waals surface area contributed by atoms with Crippen molar-refractivity contribution >= 4 is 21.0 Å². The van der Waals surface area contributed by atoms with Crippen LogP contribution < -0.4 is 5.63 Å². The molecule has 0 bridgehead atoms. The Hall–Kier alpha value is -2.38. The van der Waals surface area contributed by atoms with Crippen molar-refractivity contribution in [2.24, 2.45) is 0 Å². The van der Waals surface area contributed by atoms with Gasteiger partial charge in [-0.15, -0.1) is 0 Å². The molecule has 4 rings (SSSR count). The quantitative estimate of drug-likeness (QED) is 0.682. The van der Waals surface area contributed by atoms with Crippen LogP contribution in [0.5, 0.6) is 0 Å².